The maximum Gasteiger partial charge on any atom is 0.147 e. The van der Waals surface area contributed by atoms with Crippen molar-refractivity contribution in [2.24, 2.45) is 0 Å². The first-order valence-electron chi connectivity index (χ1n) is 5.90. The van der Waals surface area contributed by atoms with Gasteiger partial charge in [-0.25, -0.2) is 4.39 Å². The largest absolute Gasteiger partial charge is 0.508 e. The Labute approximate surface area is 109 Å². The molecule has 0 aliphatic rings. The summed E-state index contributed by atoms with van der Waals surface area (Å²) in [5.74, 6) is 0.445. The Hall–Kier alpha value is -2.49. The third-order valence-electron chi connectivity index (χ3n) is 2.87. The maximum atomic E-state index is 13.5. The normalized spacial score (nSPS) is 10.8. The number of aromatic nitrogens is 1. The van der Waals surface area contributed by atoms with Crippen molar-refractivity contribution in [3.8, 4) is 11.5 Å². The zero-order valence-electron chi connectivity index (χ0n) is 10.1. The van der Waals surface area contributed by atoms with E-state index in [1.54, 1.807) is 24.3 Å². The summed E-state index contributed by atoms with van der Waals surface area (Å²) < 4.78 is 19.0. The maximum absolute atomic E-state index is 13.5. The molecule has 1 heterocycles. The van der Waals surface area contributed by atoms with Crippen LogP contribution in [0.5, 0.6) is 11.5 Å². The number of rotatable bonds is 3. The molecule has 96 valence electrons. The summed E-state index contributed by atoms with van der Waals surface area (Å²) in [6.07, 6.45) is 0. The number of fused-ring (bicyclic) bond motifs is 1. The van der Waals surface area contributed by atoms with Crippen molar-refractivity contribution in [2.45, 2.75) is 6.61 Å². The van der Waals surface area contributed by atoms with Crippen LogP contribution in [0.1, 0.15) is 5.69 Å². The molecular formula is C15H12FNO2. The van der Waals surface area contributed by atoms with Crippen LogP contribution in [0.2, 0.25) is 0 Å². The number of nitrogens with one attached hydrogen (secondary N) is 1. The molecule has 0 spiro atoms. The van der Waals surface area contributed by atoms with Crippen molar-refractivity contribution in [3.05, 3.63) is 60.0 Å². The molecule has 3 aromatic rings. The quantitative estimate of drug-likeness (QED) is 0.753. The Morgan fingerprint density at radius 1 is 1.11 bits per heavy atom. The van der Waals surface area contributed by atoms with Gasteiger partial charge in [-0.05, 0) is 24.3 Å². The number of ether oxygens (including phenoxy) is 1. The molecule has 4 heteroatoms. The number of benzene rings is 2. The van der Waals surface area contributed by atoms with Gasteiger partial charge in [-0.1, -0.05) is 18.2 Å². The van der Waals surface area contributed by atoms with E-state index in [2.05, 4.69) is 4.98 Å². The van der Waals surface area contributed by atoms with Crippen molar-refractivity contribution in [2.75, 3.05) is 0 Å². The molecule has 2 N–H and O–H groups in total. The average molecular weight is 257 g/mol. The molecule has 0 saturated carbocycles. The van der Waals surface area contributed by atoms with E-state index in [9.17, 15) is 9.50 Å². The van der Waals surface area contributed by atoms with Gasteiger partial charge in [-0.15, -0.1) is 0 Å². The SMILES string of the molecule is Oc1cccc(OCc2cc3cccc(F)c3[nH]2)c1. The summed E-state index contributed by atoms with van der Waals surface area (Å²) in [5, 5.41) is 10.1. The Balaban J connectivity index is 1.80. The molecular weight excluding hydrogens is 245 g/mol. The van der Waals surface area contributed by atoms with Gasteiger partial charge in [0, 0.05) is 11.5 Å². The molecule has 0 aliphatic heterocycles. The van der Waals surface area contributed by atoms with Gasteiger partial charge in [-0.2, -0.15) is 0 Å². The van der Waals surface area contributed by atoms with Crippen LogP contribution >= 0.6 is 0 Å². The van der Waals surface area contributed by atoms with Crippen LogP contribution in [0.25, 0.3) is 10.9 Å². The van der Waals surface area contributed by atoms with Crippen molar-refractivity contribution >= 4 is 10.9 Å². The van der Waals surface area contributed by atoms with Gasteiger partial charge >= 0.3 is 0 Å². The first kappa shape index (κ1) is 11.6. The second-order valence-electron chi connectivity index (χ2n) is 4.28. The van der Waals surface area contributed by atoms with Gasteiger partial charge in [0.15, 0.2) is 0 Å². The number of hydrogen-bond donors (Lipinski definition) is 2. The molecule has 0 fully saturated rings. The molecule has 3 rings (SSSR count). The highest BCUT2D eigenvalue weighted by atomic mass is 19.1. The fraction of sp³-hybridized carbons (Fsp3) is 0.0667. The van der Waals surface area contributed by atoms with E-state index in [1.807, 2.05) is 12.1 Å². The van der Waals surface area contributed by atoms with Gasteiger partial charge in [-0.3, -0.25) is 0 Å². The van der Waals surface area contributed by atoms with E-state index in [4.69, 9.17) is 4.74 Å². The molecule has 1 aromatic heterocycles. The summed E-state index contributed by atoms with van der Waals surface area (Å²) in [6.45, 7) is 0.289. The summed E-state index contributed by atoms with van der Waals surface area (Å²) in [7, 11) is 0. The predicted molar refractivity (Wildman–Crippen MR) is 70.7 cm³/mol. The minimum atomic E-state index is -0.277. The van der Waals surface area contributed by atoms with Crippen molar-refractivity contribution in [3.63, 3.8) is 0 Å². The molecule has 2 aromatic carbocycles. The van der Waals surface area contributed by atoms with E-state index < -0.39 is 0 Å². The number of phenolic OH excluding ortho intramolecular Hbond substituents is 1. The van der Waals surface area contributed by atoms with E-state index in [0.717, 1.165) is 11.1 Å². The number of halogens is 1. The molecule has 0 amide bonds. The first-order chi connectivity index (χ1) is 9.22. The van der Waals surface area contributed by atoms with Crippen LogP contribution in [0.4, 0.5) is 4.39 Å². The van der Waals surface area contributed by atoms with Crippen LogP contribution in [0.3, 0.4) is 0 Å². The Bertz CT molecular complexity index is 721. The monoisotopic (exact) mass is 257 g/mol. The third kappa shape index (κ3) is 2.38. The molecule has 0 bridgehead atoms. The number of H-pyrrole nitrogens is 1. The summed E-state index contributed by atoms with van der Waals surface area (Å²) in [6, 6.07) is 13.3. The number of phenols is 1. The van der Waals surface area contributed by atoms with Crippen LogP contribution in [0, 0.1) is 5.82 Å². The molecule has 0 unspecified atom stereocenters. The van der Waals surface area contributed by atoms with E-state index in [0.29, 0.717) is 11.3 Å². The third-order valence-corrected chi connectivity index (χ3v) is 2.87. The summed E-state index contributed by atoms with van der Waals surface area (Å²) in [5.41, 5.74) is 1.26. The number of hydrogen-bond acceptors (Lipinski definition) is 2. The van der Waals surface area contributed by atoms with Crippen LogP contribution in [-0.4, -0.2) is 10.1 Å². The summed E-state index contributed by atoms with van der Waals surface area (Å²) in [4.78, 5) is 2.99. The topological polar surface area (TPSA) is 45.2 Å². The highest BCUT2D eigenvalue weighted by Crippen LogP contribution is 2.21. The first-order valence-corrected chi connectivity index (χ1v) is 5.90. The Kier molecular flexibility index (Phi) is 2.83. The predicted octanol–water partition coefficient (Wildman–Crippen LogP) is 3.59. The van der Waals surface area contributed by atoms with Gasteiger partial charge < -0.3 is 14.8 Å². The number of aromatic hydroxyl groups is 1. The molecule has 19 heavy (non-hydrogen) atoms. The van der Waals surface area contributed by atoms with Crippen LogP contribution in [0.15, 0.2) is 48.5 Å². The van der Waals surface area contributed by atoms with E-state index >= 15 is 0 Å². The van der Waals surface area contributed by atoms with Gasteiger partial charge in [0.05, 0.1) is 11.2 Å². The second kappa shape index (κ2) is 4.65. The Morgan fingerprint density at radius 3 is 2.74 bits per heavy atom. The number of para-hydroxylation sites is 1. The Morgan fingerprint density at radius 2 is 1.95 bits per heavy atom. The highest BCUT2D eigenvalue weighted by molar-refractivity contribution is 5.80. The van der Waals surface area contributed by atoms with Gasteiger partial charge in [0.25, 0.3) is 0 Å². The fourth-order valence-corrected chi connectivity index (χ4v) is 1.99. The smallest absolute Gasteiger partial charge is 0.147 e. The van der Waals surface area contributed by atoms with Crippen LogP contribution in [-0.2, 0) is 6.61 Å². The molecule has 0 atom stereocenters. The lowest BCUT2D eigenvalue weighted by atomic mass is 10.2. The lowest BCUT2D eigenvalue weighted by Gasteiger charge is -2.04. The second-order valence-corrected chi connectivity index (χ2v) is 4.28. The molecule has 0 radical (unpaired) electrons. The number of aromatic amines is 1. The summed E-state index contributed by atoms with van der Waals surface area (Å²) >= 11 is 0. The molecule has 3 nitrogen and oxygen atoms in total. The average Bonchev–Trinajstić information content (AvgIpc) is 2.81. The minimum Gasteiger partial charge on any atom is -0.508 e. The van der Waals surface area contributed by atoms with E-state index in [1.165, 1.54) is 12.1 Å². The standard InChI is InChI=1S/C15H12FNO2/c16-14-6-1-3-10-7-11(17-15(10)14)9-19-13-5-2-4-12(18)8-13/h1-8,17-18H,9H2. The lowest BCUT2D eigenvalue weighted by molar-refractivity contribution is 0.300. The van der Waals surface area contributed by atoms with Crippen molar-refractivity contribution in [1.82, 2.24) is 4.98 Å². The molecule has 0 saturated heterocycles. The van der Waals surface area contributed by atoms with Crippen LogP contribution < -0.4 is 4.74 Å². The van der Waals surface area contributed by atoms with Crippen molar-refractivity contribution in [1.29, 1.82) is 0 Å². The van der Waals surface area contributed by atoms with Gasteiger partial charge in [0.2, 0.25) is 0 Å². The van der Waals surface area contributed by atoms with Crippen molar-refractivity contribution < 1.29 is 14.2 Å². The minimum absolute atomic E-state index is 0.153. The zero-order chi connectivity index (χ0) is 13.2. The van der Waals surface area contributed by atoms with E-state index in [-0.39, 0.29) is 18.2 Å². The van der Waals surface area contributed by atoms with Gasteiger partial charge in [0.1, 0.15) is 23.9 Å². The zero-order valence-corrected chi connectivity index (χ0v) is 10.1. The molecule has 0 aliphatic carbocycles. The lowest BCUT2D eigenvalue weighted by Crippen LogP contribution is -1.95. The highest BCUT2D eigenvalue weighted by Gasteiger charge is 2.05. The fourth-order valence-electron chi connectivity index (χ4n) is 1.99.